The highest BCUT2D eigenvalue weighted by molar-refractivity contribution is 8.14. The van der Waals surface area contributed by atoms with Crippen molar-refractivity contribution in [3.05, 3.63) is 47.9 Å². The molecule has 0 bridgehead atoms. The molecule has 2 aromatic rings. The zero-order valence-electron chi connectivity index (χ0n) is 15.1. The molecule has 1 aromatic heterocycles. The van der Waals surface area contributed by atoms with Gasteiger partial charge in [0.05, 0.1) is 11.4 Å². The molecular weight excluding hydrogens is 344 g/mol. The fourth-order valence-corrected chi connectivity index (χ4v) is 4.40. The van der Waals surface area contributed by atoms with E-state index in [2.05, 4.69) is 45.7 Å². The van der Waals surface area contributed by atoms with E-state index in [1.54, 1.807) is 11.8 Å². The molecule has 3 N–H and O–H groups in total. The summed E-state index contributed by atoms with van der Waals surface area (Å²) in [6, 6.07) is 8.50. The quantitative estimate of drug-likeness (QED) is 0.808. The molecule has 6 heteroatoms. The van der Waals surface area contributed by atoms with Gasteiger partial charge in [0.2, 0.25) is 0 Å². The van der Waals surface area contributed by atoms with E-state index in [4.69, 9.17) is 5.73 Å². The Labute approximate surface area is 158 Å². The lowest BCUT2D eigenvalue weighted by Gasteiger charge is -2.12. The molecule has 1 aliphatic carbocycles. The Morgan fingerprint density at radius 3 is 2.65 bits per heavy atom. The van der Waals surface area contributed by atoms with Crippen molar-refractivity contribution in [2.45, 2.75) is 43.4 Å². The number of imidazole rings is 1. The number of hydrogen-bond acceptors (Lipinski definition) is 5. The van der Waals surface area contributed by atoms with Crippen LogP contribution in [0.3, 0.4) is 0 Å². The Kier molecular flexibility index (Phi) is 4.73. The number of allylic oxidation sites excluding steroid dienone is 1. The molecule has 1 aliphatic heterocycles. The number of aromatic nitrogens is 2. The van der Waals surface area contributed by atoms with E-state index < -0.39 is 6.23 Å². The van der Waals surface area contributed by atoms with Gasteiger partial charge in [-0.15, -0.1) is 0 Å². The second-order valence-corrected chi connectivity index (χ2v) is 8.29. The number of rotatable bonds is 4. The number of nitrogens with two attached hydrogens (primary N) is 1. The predicted octanol–water partition coefficient (Wildman–Crippen LogP) is 3.66. The number of aliphatic imine (C=N–C) groups is 1. The number of aliphatic hydroxyl groups excluding tert-OH is 1. The summed E-state index contributed by atoms with van der Waals surface area (Å²) < 4.78 is 2.06. The van der Waals surface area contributed by atoms with E-state index in [-0.39, 0.29) is 5.92 Å². The van der Waals surface area contributed by atoms with Gasteiger partial charge in [0.1, 0.15) is 16.9 Å². The van der Waals surface area contributed by atoms with Gasteiger partial charge in [-0.25, -0.2) is 4.98 Å². The van der Waals surface area contributed by atoms with E-state index in [1.807, 2.05) is 19.6 Å². The van der Waals surface area contributed by atoms with Gasteiger partial charge in [-0.2, -0.15) is 0 Å². The van der Waals surface area contributed by atoms with Crippen molar-refractivity contribution < 1.29 is 5.11 Å². The molecule has 0 spiro atoms. The second-order valence-electron chi connectivity index (χ2n) is 7.23. The monoisotopic (exact) mass is 368 g/mol. The van der Waals surface area contributed by atoms with Crippen LogP contribution < -0.4 is 5.73 Å². The van der Waals surface area contributed by atoms with Crippen LogP contribution in [0, 0.1) is 5.92 Å². The zero-order valence-corrected chi connectivity index (χ0v) is 15.9. The smallest absolute Gasteiger partial charge is 0.108 e. The molecular formula is C20H24N4OS. The average Bonchev–Trinajstić information content (AvgIpc) is 3.37. The third-order valence-corrected chi connectivity index (χ3v) is 6.37. The Morgan fingerprint density at radius 2 is 2.04 bits per heavy atom. The molecule has 136 valence electrons. The molecule has 2 aliphatic rings. The van der Waals surface area contributed by atoms with E-state index in [0.29, 0.717) is 5.92 Å². The van der Waals surface area contributed by atoms with Gasteiger partial charge >= 0.3 is 0 Å². The molecule has 1 fully saturated rings. The van der Waals surface area contributed by atoms with E-state index >= 15 is 0 Å². The van der Waals surface area contributed by atoms with Crippen LogP contribution >= 0.6 is 11.8 Å². The van der Waals surface area contributed by atoms with Crippen LogP contribution in [-0.2, 0) is 7.05 Å². The van der Waals surface area contributed by atoms with Crippen LogP contribution in [0.15, 0.2) is 52.4 Å². The summed E-state index contributed by atoms with van der Waals surface area (Å²) in [6.45, 7) is 2.12. The summed E-state index contributed by atoms with van der Waals surface area (Å²) in [4.78, 5) is 9.18. The number of benzene rings is 1. The van der Waals surface area contributed by atoms with E-state index in [9.17, 15) is 5.11 Å². The lowest BCUT2D eigenvalue weighted by atomic mass is 10.0. The lowest BCUT2D eigenvalue weighted by molar-refractivity contribution is 0.156. The standard InChI is InChI=1S/C20H24N4OS/c1-12-3-8-17(22-10-12)26-20-18(23-11-24(20)2)14-6-4-13(5-7-14)15-9-16(15)19(21)25/h4-7,10-11,15-16,19,25H,3,8-9,21H2,1-2H3. The van der Waals surface area contributed by atoms with Gasteiger partial charge < -0.3 is 15.4 Å². The van der Waals surface area contributed by atoms with Crippen LogP contribution in [-0.4, -0.2) is 25.9 Å². The van der Waals surface area contributed by atoms with Crippen molar-refractivity contribution in [3.63, 3.8) is 0 Å². The first-order valence-corrected chi connectivity index (χ1v) is 9.80. The average molecular weight is 369 g/mol. The van der Waals surface area contributed by atoms with Crippen molar-refractivity contribution in [2.75, 3.05) is 0 Å². The fraction of sp³-hybridized carbons (Fsp3) is 0.400. The Morgan fingerprint density at radius 1 is 1.27 bits per heavy atom. The largest absolute Gasteiger partial charge is 0.379 e. The summed E-state index contributed by atoms with van der Waals surface area (Å²) in [7, 11) is 2.02. The number of aryl methyl sites for hydroxylation is 1. The Hall–Kier alpha value is -1.89. The first kappa shape index (κ1) is 17.5. The summed E-state index contributed by atoms with van der Waals surface area (Å²) in [5.41, 5.74) is 10.3. The third kappa shape index (κ3) is 3.49. The molecule has 4 rings (SSSR count). The summed E-state index contributed by atoms with van der Waals surface area (Å²) >= 11 is 1.70. The molecule has 0 radical (unpaired) electrons. The van der Waals surface area contributed by atoms with Crippen LogP contribution in [0.4, 0.5) is 0 Å². The van der Waals surface area contributed by atoms with Crippen LogP contribution in [0.1, 0.15) is 37.7 Å². The predicted molar refractivity (Wildman–Crippen MR) is 106 cm³/mol. The fourth-order valence-electron chi connectivity index (χ4n) is 3.41. The number of thioether (sulfide) groups is 1. The van der Waals surface area contributed by atoms with Crippen LogP contribution in [0.2, 0.25) is 0 Å². The van der Waals surface area contributed by atoms with Crippen LogP contribution in [0.25, 0.3) is 11.3 Å². The molecule has 2 heterocycles. The molecule has 26 heavy (non-hydrogen) atoms. The maximum atomic E-state index is 9.51. The zero-order chi connectivity index (χ0) is 18.3. The van der Waals surface area contributed by atoms with Gasteiger partial charge in [0.25, 0.3) is 0 Å². The minimum atomic E-state index is -0.715. The lowest BCUT2D eigenvalue weighted by Crippen LogP contribution is -2.21. The topological polar surface area (TPSA) is 76.4 Å². The van der Waals surface area contributed by atoms with Crippen molar-refractivity contribution in [1.82, 2.24) is 9.55 Å². The Bertz CT molecular complexity index is 866. The maximum Gasteiger partial charge on any atom is 0.108 e. The summed E-state index contributed by atoms with van der Waals surface area (Å²) in [5, 5.41) is 11.8. The van der Waals surface area contributed by atoms with E-state index in [1.165, 1.54) is 11.1 Å². The van der Waals surface area contributed by atoms with Crippen molar-refractivity contribution >= 4 is 16.8 Å². The van der Waals surface area contributed by atoms with Crippen molar-refractivity contribution in [3.8, 4) is 11.3 Å². The first-order valence-electron chi connectivity index (χ1n) is 8.98. The van der Waals surface area contributed by atoms with Crippen molar-refractivity contribution in [1.29, 1.82) is 0 Å². The minimum Gasteiger partial charge on any atom is -0.379 e. The highest BCUT2D eigenvalue weighted by Gasteiger charge is 2.41. The molecule has 3 atom stereocenters. The van der Waals surface area contributed by atoms with Gasteiger partial charge in [-0.1, -0.05) is 41.6 Å². The highest BCUT2D eigenvalue weighted by atomic mass is 32.2. The molecule has 0 saturated heterocycles. The molecule has 1 saturated carbocycles. The SMILES string of the molecule is CC1=CN=C(Sc2c(-c3ccc(C4CC4C(N)O)cc3)ncn2C)CC1. The summed E-state index contributed by atoms with van der Waals surface area (Å²) in [5.74, 6) is 0.580. The van der Waals surface area contributed by atoms with Gasteiger partial charge in [-0.3, -0.25) is 4.99 Å². The van der Waals surface area contributed by atoms with Crippen molar-refractivity contribution in [2.24, 2.45) is 23.7 Å². The van der Waals surface area contributed by atoms with Crippen LogP contribution in [0.5, 0.6) is 0 Å². The number of hydrogen-bond donors (Lipinski definition) is 2. The second kappa shape index (κ2) is 7.02. The first-order chi connectivity index (χ1) is 12.5. The maximum absolute atomic E-state index is 9.51. The molecule has 5 nitrogen and oxygen atoms in total. The molecule has 0 amide bonds. The normalized spacial score (nSPS) is 23.4. The van der Waals surface area contributed by atoms with Gasteiger partial charge in [0, 0.05) is 24.7 Å². The van der Waals surface area contributed by atoms with E-state index in [0.717, 1.165) is 40.6 Å². The third-order valence-electron chi connectivity index (χ3n) is 5.15. The van der Waals surface area contributed by atoms with Gasteiger partial charge in [0.15, 0.2) is 0 Å². The highest BCUT2D eigenvalue weighted by Crippen LogP contribution is 2.48. The molecule has 3 unspecified atom stereocenters. The minimum absolute atomic E-state index is 0.197. The number of nitrogens with zero attached hydrogens (tertiary/aromatic N) is 3. The van der Waals surface area contributed by atoms with Gasteiger partial charge in [-0.05, 0) is 37.7 Å². The number of aliphatic hydroxyl groups is 1. The summed E-state index contributed by atoms with van der Waals surface area (Å²) in [6.07, 6.45) is 6.14. The Balaban J connectivity index is 1.55. The molecule has 1 aromatic carbocycles.